The van der Waals surface area contributed by atoms with Gasteiger partial charge in [-0.1, -0.05) is 11.6 Å². The van der Waals surface area contributed by atoms with Gasteiger partial charge < -0.3 is 5.73 Å². The second kappa shape index (κ2) is 4.03. The van der Waals surface area contributed by atoms with E-state index in [-0.39, 0.29) is 16.3 Å². The number of hydrogen-bond acceptors (Lipinski definition) is 4. The molecule has 1 saturated carbocycles. The second-order valence-corrected chi connectivity index (χ2v) is 7.18. The van der Waals surface area contributed by atoms with E-state index in [0.717, 1.165) is 24.2 Å². The Kier molecular flexibility index (Phi) is 3.05. The number of nitrogens with two attached hydrogens (primary N) is 1. The van der Waals surface area contributed by atoms with Gasteiger partial charge in [0.15, 0.2) is 0 Å². The first-order chi connectivity index (χ1) is 6.99. The van der Waals surface area contributed by atoms with Crippen LogP contribution in [0.1, 0.15) is 12.8 Å². The Labute approximate surface area is 97.5 Å². The molecule has 0 aliphatic heterocycles. The van der Waals surface area contributed by atoms with E-state index in [9.17, 15) is 8.42 Å². The van der Waals surface area contributed by atoms with Crippen molar-refractivity contribution in [2.24, 2.45) is 5.73 Å². The molecule has 2 atom stereocenters. The summed E-state index contributed by atoms with van der Waals surface area (Å²) < 4.78 is 26.8. The number of sulfonamides is 1. The van der Waals surface area contributed by atoms with Gasteiger partial charge in [-0.15, -0.1) is 11.3 Å². The maximum Gasteiger partial charge on any atom is 0.250 e. The van der Waals surface area contributed by atoms with Crippen LogP contribution < -0.4 is 10.5 Å². The van der Waals surface area contributed by atoms with Crippen molar-refractivity contribution in [2.45, 2.75) is 29.1 Å². The van der Waals surface area contributed by atoms with Gasteiger partial charge in [0.05, 0.1) is 4.34 Å². The van der Waals surface area contributed by atoms with Gasteiger partial charge in [0.2, 0.25) is 10.0 Å². The largest absolute Gasteiger partial charge is 0.326 e. The smallest absolute Gasteiger partial charge is 0.250 e. The van der Waals surface area contributed by atoms with Crippen molar-refractivity contribution in [3.8, 4) is 0 Å². The predicted molar refractivity (Wildman–Crippen MR) is 60.6 cm³/mol. The molecule has 0 radical (unpaired) electrons. The summed E-state index contributed by atoms with van der Waals surface area (Å²) in [7, 11) is -3.43. The highest BCUT2D eigenvalue weighted by Crippen LogP contribution is 2.27. The minimum Gasteiger partial charge on any atom is -0.326 e. The van der Waals surface area contributed by atoms with Gasteiger partial charge in [-0.3, -0.25) is 0 Å². The van der Waals surface area contributed by atoms with Crippen molar-refractivity contribution in [2.75, 3.05) is 0 Å². The number of halogens is 1. The van der Waals surface area contributed by atoms with Gasteiger partial charge in [-0.2, -0.15) is 0 Å². The molecule has 1 aromatic heterocycles. The Bertz CT molecular complexity index is 457. The van der Waals surface area contributed by atoms with Crippen molar-refractivity contribution in [1.82, 2.24) is 4.72 Å². The fraction of sp³-hybridized carbons (Fsp3) is 0.500. The lowest BCUT2D eigenvalue weighted by atomic mass is 9.88. The average molecular weight is 267 g/mol. The van der Waals surface area contributed by atoms with Crippen LogP contribution >= 0.6 is 22.9 Å². The SMILES string of the molecule is N[C@@H]1CC[C@@H]1NS(=O)(=O)c1ccc(Cl)s1. The zero-order valence-electron chi connectivity index (χ0n) is 7.81. The molecule has 84 valence electrons. The quantitative estimate of drug-likeness (QED) is 0.863. The first-order valence-electron chi connectivity index (χ1n) is 4.52. The Morgan fingerprint density at radius 2 is 2.20 bits per heavy atom. The molecule has 0 spiro atoms. The molecule has 1 aromatic rings. The van der Waals surface area contributed by atoms with E-state index in [1.807, 2.05) is 0 Å². The van der Waals surface area contributed by atoms with E-state index in [1.54, 1.807) is 6.07 Å². The third kappa shape index (κ3) is 2.34. The van der Waals surface area contributed by atoms with E-state index >= 15 is 0 Å². The standard InChI is InChI=1S/C8H11ClN2O2S2/c9-7-3-4-8(14-7)15(12,13)11-6-2-1-5(6)10/h3-6,11H,1-2,10H2/t5-,6+/m1/s1. The minimum absolute atomic E-state index is 0.0600. The minimum atomic E-state index is -3.43. The van der Waals surface area contributed by atoms with Crippen molar-refractivity contribution in [3.63, 3.8) is 0 Å². The first kappa shape index (κ1) is 11.3. The molecule has 3 N–H and O–H groups in total. The number of rotatable bonds is 3. The summed E-state index contributed by atoms with van der Waals surface area (Å²) in [6.07, 6.45) is 1.68. The fourth-order valence-corrected chi connectivity index (χ4v) is 4.19. The molecular formula is C8H11ClN2O2S2. The molecule has 1 aliphatic rings. The van der Waals surface area contributed by atoms with Gasteiger partial charge in [-0.05, 0) is 25.0 Å². The second-order valence-electron chi connectivity index (χ2n) is 3.53. The van der Waals surface area contributed by atoms with Crippen molar-refractivity contribution >= 4 is 33.0 Å². The van der Waals surface area contributed by atoms with E-state index in [1.165, 1.54) is 6.07 Å². The van der Waals surface area contributed by atoms with Gasteiger partial charge >= 0.3 is 0 Å². The fourth-order valence-electron chi connectivity index (χ4n) is 1.37. The summed E-state index contributed by atoms with van der Waals surface area (Å²) in [4.78, 5) is 0. The highest BCUT2D eigenvalue weighted by molar-refractivity contribution is 7.91. The van der Waals surface area contributed by atoms with Gasteiger partial charge in [0.1, 0.15) is 4.21 Å². The summed E-state index contributed by atoms with van der Waals surface area (Å²) >= 11 is 6.73. The Balaban J connectivity index is 2.13. The molecule has 0 saturated heterocycles. The molecule has 0 amide bonds. The zero-order chi connectivity index (χ0) is 11.1. The van der Waals surface area contributed by atoms with Gasteiger partial charge in [-0.25, -0.2) is 13.1 Å². The number of thiophene rings is 1. The molecule has 0 bridgehead atoms. The van der Waals surface area contributed by atoms with Crippen LogP contribution in [0.4, 0.5) is 0 Å². The lowest BCUT2D eigenvalue weighted by molar-refractivity contribution is 0.321. The molecule has 2 rings (SSSR count). The predicted octanol–water partition coefficient (Wildman–Crippen LogP) is 1.17. The Hall–Kier alpha value is -0.140. The van der Waals surface area contributed by atoms with E-state index in [2.05, 4.69) is 4.72 Å². The van der Waals surface area contributed by atoms with Crippen LogP contribution in [0.25, 0.3) is 0 Å². The third-order valence-corrected chi connectivity index (χ3v) is 5.66. The van der Waals surface area contributed by atoms with Crippen LogP contribution in [0.15, 0.2) is 16.3 Å². The molecule has 4 nitrogen and oxygen atoms in total. The summed E-state index contributed by atoms with van der Waals surface area (Å²) in [5, 5.41) is 0. The van der Waals surface area contributed by atoms with E-state index in [4.69, 9.17) is 17.3 Å². The lowest BCUT2D eigenvalue weighted by Crippen LogP contribution is -2.54. The van der Waals surface area contributed by atoms with Crippen LogP contribution in [0.3, 0.4) is 0 Å². The van der Waals surface area contributed by atoms with Crippen LogP contribution in [0.2, 0.25) is 4.34 Å². The van der Waals surface area contributed by atoms with Crippen LogP contribution in [-0.4, -0.2) is 20.5 Å². The topological polar surface area (TPSA) is 72.2 Å². The average Bonchev–Trinajstić information content (AvgIpc) is 2.60. The molecule has 1 aliphatic carbocycles. The monoisotopic (exact) mass is 266 g/mol. The molecule has 0 unspecified atom stereocenters. The highest BCUT2D eigenvalue weighted by Gasteiger charge is 2.32. The van der Waals surface area contributed by atoms with Crippen molar-refractivity contribution in [1.29, 1.82) is 0 Å². The first-order valence-corrected chi connectivity index (χ1v) is 7.20. The molecule has 15 heavy (non-hydrogen) atoms. The van der Waals surface area contributed by atoms with E-state index < -0.39 is 10.0 Å². The zero-order valence-corrected chi connectivity index (χ0v) is 10.2. The third-order valence-electron chi connectivity index (χ3n) is 2.45. The number of hydrogen-bond donors (Lipinski definition) is 2. The summed E-state index contributed by atoms with van der Waals surface area (Å²) in [6.45, 7) is 0. The molecule has 7 heteroatoms. The van der Waals surface area contributed by atoms with Crippen LogP contribution in [0.5, 0.6) is 0 Å². The summed E-state index contributed by atoms with van der Waals surface area (Å²) in [5.74, 6) is 0. The molecule has 1 heterocycles. The van der Waals surface area contributed by atoms with E-state index in [0.29, 0.717) is 4.34 Å². The van der Waals surface area contributed by atoms with Gasteiger partial charge in [0.25, 0.3) is 0 Å². The molecule has 1 fully saturated rings. The maximum atomic E-state index is 11.8. The summed E-state index contributed by atoms with van der Waals surface area (Å²) in [6, 6.07) is 2.88. The molecule has 0 aromatic carbocycles. The molecular weight excluding hydrogens is 256 g/mol. The Morgan fingerprint density at radius 1 is 1.47 bits per heavy atom. The van der Waals surface area contributed by atoms with Crippen molar-refractivity contribution < 1.29 is 8.42 Å². The van der Waals surface area contributed by atoms with Gasteiger partial charge in [0, 0.05) is 12.1 Å². The number of nitrogens with one attached hydrogen (secondary N) is 1. The summed E-state index contributed by atoms with van der Waals surface area (Å²) in [5.41, 5.74) is 5.66. The van der Waals surface area contributed by atoms with Crippen LogP contribution in [-0.2, 0) is 10.0 Å². The lowest BCUT2D eigenvalue weighted by Gasteiger charge is -2.33. The highest BCUT2D eigenvalue weighted by atomic mass is 35.5. The van der Waals surface area contributed by atoms with Crippen molar-refractivity contribution in [3.05, 3.63) is 16.5 Å². The normalized spacial score (nSPS) is 26.3. The maximum absolute atomic E-state index is 11.8. The van der Waals surface area contributed by atoms with Crippen LogP contribution in [0, 0.1) is 0 Å². The Morgan fingerprint density at radius 3 is 2.60 bits per heavy atom.